The highest BCUT2D eigenvalue weighted by Gasteiger charge is 2.43. The number of aliphatic carboxylic acids is 1. The van der Waals surface area contributed by atoms with Crippen molar-refractivity contribution in [3.8, 4) is 0 Å². The van der Waals surface area contributed by atoms with Crippen molar-refractivity contribution in [1.29, 1.82) is 0 Å². The highest BCUT2D eigenvalue weighted by molar-refractivity contribution is 5.90. The van der Waals surface area contributed by atoms with Crippen molar-refractivity contribution in [3.05, 3.63) is 30.1 Å². The summed E-state index contributed by atoms with van der Waals surface area (Å²) in [5, 5.41) is 20.9. The zero-order valence-corrected chi connectivity index (χ0v) is 12.9. The highest BCUT2D eigenvalue weighted by Crippen LogP contribution is 2.36. The third kappa shape index (κ3) is 3.48. The van der Waals surface area contributed by atoms with Crippen LogP contribution in [0.5, 0.6) is 0 Å². The minimum absolute atomic E-state index is 0.0249. The minimum atomic E-state index is -2.06. The van der Waals surface area contributed by atoms with Crippen molar-refractivity contribution in [3.63, 3.8) is 0 Å². The van der Waals surface area contributed by atoms with Gasteiger partial charge in [0, 0.05) is 25.9 Å². The van der Waals surface area contributed by atoms with Crippen LogP contribution in [-0.2, 0) is 14.4 Å². The van der Waals surface area contributed by atoms with E-state index in [1.165, 1.54) is 4.90 Å². The molecule has 1 fully saturated rings. The Hall–Kier alpha value is -2.48. The van der Waals surface area contributed by atoms with E-state index in [1.54, 1.807) is 31.6 Å². The van der Waals surface area contributed by atoms with Gasteiger partial charge in [-0.3, -0.25) is 14.6 Å². The smallest absolute Gasteiger partial charge is 0.337 e. The summed E-state index contributed by atoms with van der Waals surface area (Å²) < 4.78 is 0. The van der Waals surface area contributed by atoms with Gasteiger partial charge in [-0.15, -0.1) is 0 Å². The van der Waals surface area contributed by atoms with Gasteiger partial charge in [-0.2, -0.15) is 0 Å². The number of amides is 2. The van der Waals surface area contributed by atoms with Crippen molar-refractivity contribution >= 4 is 17.8 Å². The fourth-order valence-corrected chi connectivity index (χ4v) is 2.58. The van der Waals surface area contributed by atoms with Gasteiger partial charge in [-0.1, -0.05) is 6.07 Å². The summed E-state index contributed by atoms with van der Waals surface area (Å²) in [5.41, 5.74) is -1.33. The number of nitrogens with zero attached hydrogens (tertiary/aromatic N) is 2. The fraction of sp³-hybridized carbons (Fsp3) is 0.467. The average molecular weight is 321 g/mol. The summed E-state index contributed by atoms with van der Waals surface area (Å²) in [6.07, 6.45) is 3.21. The molecule has 124 valence electrons. The molecule has 1 aliphatic heterocycles. The average Bonchev–Trinajstić information content (AvgIpc) is 2.81. The van der Waals surface area contributed by atoms with E-state index in [2.05, 4.69) is 10.3 Å². The van der Waals surface area contributed by atoms with Gasteiger partial charge in [0.05, 0.1) is 18.5 Å². The Balaban J connectivity index is 2.15. The van der Waals surface area contributed by atoms with Gasteiger partial charge in [0.1, 0.15) is 0 Å². The monoisotopic (exact) mass is 321 g/mol. The lowest BCUT2D eigenvalue weighted by molar-refractivity contribution is -0.156. The Morgan fingerprint density at radius 1 is 1.52 bits per heavy atom. The number of aromatic nitrogens is 1. The van der Waals surface area contributed by atoms with E-state index < -0.39 is 36.0 Å². The molecular weight excluding hydrogens is 302 g/mol. The number of hydrogen-bond acceptors (Lipinski definition) is 5. The molecule has 0 bridgehead atoms. The Morgan fingerprint density at radius 3 is 2.78 bits per heavy atom. The van der Waals surface area contributed by atoms with E-state index in [9.17, 15) is 19.5 Å². The molecule has 0 aliphatic carbocycles. The lowest BCUT2D eigenvalue weighted by Crippen LogP contribution is -2.48. The first-order valence-corrected chi connectivity index (χ1v) is 7.13. The lowest BCUT2D eigenvalue weighted by atomic mass is 9.93. The molecular formula is C15H19N3O5. The summed E-state index contributed by atoms with van der Waals surface area (Å²) in [7, 11) is 1.61. The number of carboxylic acid groups (broad SMARTS) is 1. The number of pyridine rings is 1. The summed E-state index contributed by atoms with van der Waals surface area (Å²) in [4.78, 5) is 40.7. The van der Waals surface area contributed by atoms with Gasteiger partial charge in [-0.05, 0) is 18.6 Å². The van der Waals surface area contributed by atoms with Gasteiger partial charge in [0.2, 0.25) is 11.8 Å². The Labute approximate surface area is 133 Å². The van der Waals surface area contributed by atoms with Crippen LogP contribution in [-0.4, -0.2) is 57.1 Å². The first kappa shape index (κ1) is 16.9. The first-order valence-electron chi connectivity index (χ1n) is 7.13. The molecule has 0 spiro atoms. The Bertz CT molecular complexity index is 617. The molecule has 1 saturated heterocycles. The largest absolute Gasteiger partial charge is 0.479 e. The summed E-state index contributed by atoms with van der Waals surface area (Å²) in [5.74, 6) is -2.75. The van der Waals surface area contributed by atoms with Crippen LogP contribution in [0, 0.1) is 5.92 Å². The number of carbonyl (C=O) groups excluding carboxylic acids is 2. The summed E-state index contributed by atoms with van der Waals surface area (Å²) >= 11 is 0. The zero-order valence-electron chi connectivity index (χ0n) is 12.9. The number of hydrogen-bond donors (Lipinski definition) is 3. The second-order valence-corrected chi connectivity index (χ2v) is 5.84. The second kappa shape index (κ2) is 6.33. The molecule has 3 N–H and O–H groups in total. The molecule has 23 heavy (non-hydrogen) atoms. The van der Waals surface area contributed by atoms with E-state index in [4.69, 9.17) is 5.11 Å². The molecule has 2 rings (SSSR count). The van der Waals surface area contributed by atoms with Gasteiger partial charge in [0.25, 0.3) is 0 Å². The van der Waals surface area contributed by atoms with Crippen molar-refractivity contribution in [1.82, 2.24) is 15.2 Å². The number of likely N-dealkylation sites (tertiary alicyclic amines) is 1. The molecule has 0 radical (unpaired) electrons. The van der Waals surface area contributed by atoms with Crippen molar-refractivity contribution in [2.24, 2.45) is 5.92 Å². The molecule has 1 aromatic rings. The fourth-order valence-electron chi connectivity index (χ4n) is 2.58. The molecule has 1 aliphatic rings. The number of nitrogens with one attached hydrogen (secondary N) is 1. The summed E-state index contributed by atoms with van der Waals surface area (Å²) in [6.45, 7) is 0.662. The lowest BCUT2D eigenvalue weighted by Gasteiger charge is -2.25. The summed E-state index contributed by atoms with van der Waals surface area (Å²) in [6, 6.07) is 3.03. The quantitative estimate of drug-likeness (QED) is 0.676. The number of carbonyl (C=O) groups is 3. The van der Waals surface area contributed by atoms with E-state index in [0.717, 1.165) is 12.5 Å². The van der Waals surface area contributed by atoms with E-state index in [1.807, 2.05) is 0 Å². The SMILES string of the molecule is CN1C(=O)CC(C(=O)NCC(C)(O)C(=O)O)C1c1cccnc1. The maximum absolute atomic E-state index is 12.4. The van der Waals surface area contributed by atoms with Gasteiger partial charge in [0.15, 0.2) is 5.60 Å². The van der Waals surface area contributed by atoms with Crippen LogP contribution in [0.15, 0.2) is 24.5 Å². The second-order valence-electron chi connectivity index (χ2n) is 5.84. The van der Waals surface area contributed by atoms with Crippen molar-refractivity contribution in [2.75, 3.05) is 13.6 Å². The molecule has 1 aromatic heterocycles. The van der Waals surface area contributed by atoms with Gasteiger partial charge in [-0.25, -0.2) is 4.79 Å². The van der Waals surface area contributed by atoms with Crippen LogP contribution in [0.1, 0.15) is 24.9 Å². The van der Waals surface area contributed by atoms with Crippen LogP contribution < -0.4 is 5.32 Å². The molecule has 8 heteroatoms. The molecule has 3 unspecified atom stereocenters. The normalized spacial score (nSPS) is 23.4. The topological polar surface area (TPSA) is 120 Å². The number of rotatable bonds is 5. The number of aliphatic hydroxyl groups is 1. The minimum Gasteiger partial charge on any atom is -0.479 e. The third-order valence-electron chi connectivity index (χ3n) is 4.02. The molecule has 0 saturated carbocycles. The zero-order chi connectivity index (χ0) is 17.2. The van der Waals surface area contributed by atoms with Gasteiger partial charge < -0.3 is 20.4 Å². The first-order chi connectivity index (χ1) is 10.7. The van der Waals surface area contributed by atoms with E-state index in [-0.39, 0.29) is 12.3 Å². The highest BCUT2D eigenvalue weighted by atomic mass is 16.4. The molecule has 2 amide bonds. The Kier molecular flexibility index (Phi) is 4.65. The van der Waals surface area contributed by atoms with Crippen LogP contribution >= 0.6 is 0 Å². The molecule has 8 nitrogen and oxygen atoms in total. The predicted octanol–water partition coefficient (Wildman–Crippen LogP) is -0.447. The van der Waals surface area contributed by atoms with E-state index >= 15 is 0 Å². The predicted molar refractivity (Wildman–Crippen MR) is 79.1 cm³/mol. The van der Waals surface area contributed by atoms with Crippen molar-refractivity contribution in [2.45, 2.75) is 25.0 Å². The number of carboxylic acids is 1. The van der Waals surface area contributed by atoms with Gasteiger partial charge >= 0.3 is 5.97 Å². The maximum Gasteiger partial charge on any atom is 0.337 e. The maximum atomic E-state index is 12.4. The molecule has 2 heterocycles. The van der Waals surface area contributed by atoms with Crippen LogP contribution in [0.25, 0.3) is 0 Å². The standard InChI is InChI=1S/C15H19N3O5/c1-15(23,14(21)22)8-17-13(20)10-6-11(19)18(2)12(10)9-4-3-5-16-7-9/h3-5,7,10,12,23H,6,8H2,1-2H3,(H,17,20)(H,21,22). The third-order valence-corrected chi connectivity index (χ3v) is 4.02. The molecule has 0 aromatic carbocycles. The van der Waals surface area contributed by atoms with E-state index in [0.29, 0.717) is 0 Å². The molecule has 3 atom stereocenters. The van der Waals surface area contributed by atoms with Crippen molar-refractivity contribution < 1.29 is 24.6 Å². The van der Waals surface area contributed by atoms with Crippen LogP contribution in [0.2, 0.25) is 0 Å². The Morgan fingerprint density at radius 2 is 2.22 bits per heavy atom. The van der Waals surface area contributed by atoms with Crippen LogP contribution in [0.4, 0.5) is 0 Å². The van der Waals surface area contributed by atoms with Crippen LogP contribution in [0.3, 0.4) is 0 Å².